The van der Waals surface area contributed by atoms with E-state index in [1.807, 2.05) is 0 Å². The van der Waals surface area contributed by atoms with Gasteiger partial charge in [-0.25, -0.2) is 8.42 Å². The summed E-state index contributed by atoms with van der Waals surface area (Å²) < 4.78 is 29.3. The van der Waals surface area contributed by atoms with Crippen LogP contribution < -0.4 is 0 Å². The Morgan fingerprint density at radius 2 is 2.00 bits per heavy atom. The topological polar surface area (TPSA) is 74.1 Å². The molecule has 1 rings (SSSR count). The molecule has 0 saturated heterocycles. The minimum absolute atomic E-state index is 0.177. The van der Waals surface area contributed by atoms with Crippen LogP contribution in [0.25, 0.3) is 0 Å². The molecule has 18 heavy (non-hydrogen) atoms. The lowest BCUT2D eigenvalue weighted by Crippen LogP contribution is -2.32. The van der Waals surface area contributed by atoms with E-state index >= 15 is 0 Å². The molecule has 0 fully saturated rings. The van der Waals surface area contributed by atoms with Gasteiger partial charge in [-0.05, 0) is 13.8 Å². The molecule has 0 N–H and O–H groups in total. The van der Waals surface area contributed by atoms with Gasteiger partial charge in [-0.2, -0.15) is 0 Å². The molecule has 0 radical (unpaired) electrons. The normalized spacial score (nSPS) is 12.9. The van der Waals surface area contributed by atoms with Crippen LogP contribution in [0.15, 0.2) is 0 Å². The Balaban J connectivity index is 3.28. The van der Waals surface area contributed by atoms with Crippen molar-refractivity contribution in [2.24, 2.45) is 0 Å². The monoisotopic (exact) mass is 295 g/mol. The smallest absolute Gasteiger partial charge is 0.159 e. The van der Waals surface area contributed by atoms with Gasteiger partial charge in [0, 0.05) is 19.9 Å². The predicted molar refractivity (Wildman–Crippen MR) is 69.3 cm³/mol. The van der Waals surface area contributed by atoms with Crippen molar-refractivity contribution < 1.29 is 13.2 Å². The minimum Gasteiger partial charge on any atom is -0.383 e. The molecule has 0 aliphatic carbocycles. The molecule has 8 heteroatoms. The number of methoxy groups -OCH3 is 1. The maximum absolute atomic E-state index is 11.8. The average Bonchev–Trinajstić information content (AvgIpc) is 2.67. The second kappa shape index (κ2) is 5.54. The fraction of sp³-hybridized carbons (Fsp3) is 0.800. The fourth-order valence-corrected chi connectivity index (χ4v) is 2.14. The van der Waals surface area contributed by atoms with Crippen LogP contribution in [0, 0.1) is 0 Å². The first-order valence-corrected chi connectivity index (χ1v) is 7.85. The van der Waals surface area contributed by atoms with Gasteiger partial charge in [0.15, 0.2) is 15.7 Å². The number of ether oxygens (including phenoxy) is 1. The zero-order valence-electron chi connectivity index (χ0n) is 11.0. The van der Waals surface area contributed by atoms with E-state index in [9.17, 15) is 8.42 Å². The summed E-state index contributed by atoms with van der Waals surface area (Å²) in [5.74, 6) is 1.11. The Hall–Kier alpha value is -0.660. The molecular formula is C10H18ClN3O3S. The Kier molecular flexibility index (Phi) is 4.74. The van der Waals surface area contributed by atoms with Gasteiger partial charge in [0.2, 0.25) is 0 Å². The number of aromatic nitrogens is 3. The van der Waals surface area contributed by atoms with Crippen molar-refractivity contribution in [1.82, 2.24) is 14.8 Å². The van der Waals surface area contributed by atoms with Crippen molar-refractivity contribution in [3.63, 3.8) is 0 Å². The summed E-state index contributed by atoms with van der Waals surface area (Å²) in [6, 6.07) is 0. The summed E-state index contributed by atoms with van der Waals surface area (Å²) in [7, 11) is -1.73. The first kappa shape index (κ1) is 15.4. The number of hydrogen-bond donors (Lipinski definition) is 0. The standard InChI is InChI=1S/C10H18ClN3O3S/c1-10(2,18(4,15)16)9-13-12-8(7-11)14(9)5-6-17-3/h5-7H2,1-4H3. The van der Waals surface area contributed by atoms with Gasteiger partial charge >= 0.3 is 0 Å². The summed E-state index contributed by atoms with van der Waals surface area (Å²) in [4.78, 5) is 0. The first-order valence-electron chi connectivity index (χ1n) is 5.42. The zero-order valence-corrected chi connectivity index (χ0v) is 12.5. The summed E-state index contributed by atoms with van der Waals surface area (Å²) in [5, 5.41) is 7.90. The molecule has 6 nitrogen and oxygen atoms in total. The minimum atomic E-state index is -3.31. The van der Waals surface area contributed by atoms with Crippen LogP contribution in [-0.4, -0.2) is 43.2 Å². The third-order valence-electron chi connectivity index (χ3n) is 2.93. The van der Waals surface area contributed by atoms with Crippen LogP contribution in [0.4, 0.5) is 0 Å². The highest BCUT2D eigenvalue weighted by Gasteiger charge is 2.38. The van der Waals surface area contributed by atoms with Crippen LogP contribution in [0.3, 0.4) is 0 Å². The van der Waals surface area contributed by atoms with E-state index in [4.69, 9.17) is 16.3 Å². The highest BCUT2D eigenvalue weighted by Crippen LogP contribution is 2.28. The molecule has 1 heterocycles. The second-order valence-electron chi connectivity index (χ2n) is 4.50. The zero-order chi connectivity index (χ0) is 14.0. The number of hydrogen-bond acceptors (Lipinski definition) is 5. The SMILES string of the molecule is COCCn1c(CCl)nnc1C(C)(C)S(C)(=O)=O. The number of sulfone groups is 1. The van der Waals surface area contributed by atoms with Crippen molar-refractivity contribution in [3.8, 4) is 0 Å². The van der Waals surface area contributed by atoms with Crippen LogP contribution in [0.1, 0.15) is 25.5 Å². The third kappa shape index (κ3) is 2.84. The van der Waals surface area contributed by atoms with E-state index in [1.54, 1.807) is 25.5 Å². The van der Waals surface area contributed by atoms with Gasteiger partial charge in [0.25, 0.3) is 0 Å². The summed E-state index contributed by atoms with van der Waals surface area (Å²) in [5.41, 5.74) is 0. The lowest BCUT2D eigenvalue weighted by atomic mass is 10.2. The van der Waals surface area contributed by atoms with Crippen molar-refractivity contribution in [3.05, 3.63) is 11.6 Å². The maximum atomic E-state index is 11.8. The average molecular weight is 296 g/mol. The molecule has 0 bridgehead atoms. The van der Waals surface area contributed by atoms with Gasteiger partial charge in [-0.1, -0.05) is 0 Å². The Labute approximate surface area is 112 Å². The Morgan fingerprint density at radius 3 is 2.44 bits per heavy atom. The van der Waals surface area contributed by atoms with Crippen molar-refractivity contribution in [1.29, 1.82) is 0 Å². The number of nitrogens with zero attached hydrogens (tertiary/aromatic N) is 3. The molecule has 0 aromatic carbocycles. The lowest BCUT2D eigenvalue weighted by Gasteiger charge is -2.22. The number of halogens is 1. The molecule has 0 aliphatic rings. The van der Waals surface area contributed by atoms with E-state index in [-0.39, 0.29) is 5.88 Å². The van der Waals surface area contributed by atoms with E-state index in [0.717, 1.165) is 0 Å². The summed E-state index contributed by atoms with van der Waals surface area (Å²) >= 11 is 5.78. The van der Waals surface area contributed by atoms with Crippen molar-refractivity contribution >= 4 is 21.4 Å². The molecule has 0 atom stereocenters. The molecule has 1 aromatic heterocycles. The first-order chi connectivity index (χ1) is 8.25. The quantitative estimate of drug-likeness (QED) is 0.730. The van der Waals surface area contributed by atoms with Crippen LogP contribution in [0.5, 0.6) is 0 Å². The molecule has 0 unspecified atom stereocenters. The van der Waals surface area contributed by atoms with Crippen molar-refractivity contribution in [2.75, 3.05) is 20.0 Å². The maximum Gasteiger partial charge on any atom is 0.159 e. The van der Waals surface area contributed by atoms with Gasteiger partial charge < -0.3 is 9.30 Å². The predicted octanol–water partition coefficient (Wildman–Crippen LogP) is 0.943. The largest absolute Gasteiger partial charge is 0.383 e. The summed E-state index contributed by atoms with van der Waals surface area (Å²) in [6.07, 6.45) is 1.18. The fourth-order valence-electron chi connectivity index (χ4n) is 1.46. The molecular weight excluding hydrogens is 278 g/mol. The number of rotatable bonds is 6. The van der Waals surface area contributed by atoms with Gasteiger partial charge in [0.05, 0.1) is 12.5 Å². The summed E-state index contributed by atoms with van der Waals surface area (Å²) in [6.45, 7) is 4.12. The van der Waals surface area contributed by atoms with Gasteiger partial charge in [-0.3, -0.25) is 0 Å². The van der Waals surface area contributed by atoms with Crippen LogP contribution in [-0.2, 0) is 31.7 Å². The molecule has 0 aliphatic heterocycles. The van der Waals surface area contributed by atoms with E-state index in [2.05, 4.69) is 10.2 Å². The highest BCUT2D eigenvalue weighted by atomic mass is 35.5. The van der Waals surface area contributed by atoms with Gasteiger partial charge in [0.1, 0.15) is 10.6 Å². The number of alkyl halides is 1. The molecule has 1 aromatic rings. The molecule has 0 amide bonds. The van der Waals surface area contributed by atoms with Crippen LogP contribution >= 0.6 is 11.6 Å². The Morgan fingerprint density at radius 1 is 1.39 bits per heavy atom. The molecule has 0 spiro atoms. The lowest BCUT2D eigenvalue weighted by molar-refractivity contribution is 0.185. The van der Waals surface area contributed by atoms with E-state index in [0.29, 0.717) is 24.8 Å². The van der Waals surface area contributed by atoms with Crippen molar-refractivity contribution in [2.45, 2.75) is 31.0 Å². The Bertz CT molecular complexity index is 510. The highest BCUT2D eigenvalue weighted by molar-refractivity contribution is 7.91. The van der Waals surface area contributed by atoms with Crippen LogP contribution in [0.2, 0.25) is 0 Å². The third-order valence-corrected chi connectivity index (χ3v) is 5.21. The molecule has 0 saturated carbocycles. The van der Waals surface area contributed by atoms with E-state index in [1.165, 1.54) is 6.26 Å². The second-order valence-corrected chi connectivity index (χ2v) is 7.33. The molecule has 104 valence electrons. The van der Waals surface area contributed by atoms with E-state index < -0.39 is 14.6 Å². The van der Waals surface area contributed by atoms with Gasteiger partial charge in [-0.15, -0.1) is 21.8 Å².